The lowest BCUT2D eigenvalue weighted by atomic mass is 9.87. The van der Waals surface area contributed by atoms with Gasteiger partial charge >= 0.3 is 6.18 Å². The van der Waals surface area contributed by atoms with Gasteiger partial charge in [0.05, 0.1) is 23.2 Å². The molecule has 1 saturated carbocycles. The molecule has 2 aliphatic heterocycles. The van der Waals surface area contributed by atoms with E-state index < -0.39 is 58.4 Å². The minimum absolute atomic E-state index is 0.0572. The minimum Gasteiger partial charge on any atom is -0.487 e. The first-order valence-electron chi connectivity index (χ1n) is 13.1. The average Bonchev–Trinajstić information content (AvgIpc) is 3.60. The fourth-order valence-corrected chi connectivity index (χ4v) is 5.86. The summed E-state index contributed by atoms with van der Waals surface area (Å²) in [7, 11) is 0. The molecular weight excluding hydrogens is 530 g/mol. The molecule has 5 rings (SSSR count). The number of carbonyl (C=O) groups excluding carboxylic acids is 2. The molecule has 12 heteroatoms. The molecule has 2 aromatic rings. The maximum atomic E-state index is 14.9. The number of alkyl halides is 3. The molecule has 2 amide bonds. The highest BCUT2D eigenvalue weighted by molar-refractivity contribution is 5.99. The second-order valence-corrected chi connectivity index (χ2v) is 12.0. The van der Waals surface area contributed by atoms with Gasteiger partial charge in [0.2, 0.25) is 11.8 Å². The number of hydrogen-bond acceptors (Lipinski definition) is 5. The molecule has 0 spiro atoms. The van der Waals surface area contributed by atoms with Gasteiger partial charge in [0.15, 0.2) is 5.96 Å². The van der Waals surface area contributed by atoms with Gasteiger partial charge in [-0.1, -0.05) is 6.07 Å². The summed E-state index contributed by atoms with van der Waals surface area (Å²) in [5, 5.41) is 14.4. The molecule has 1 aromatic heterocycles. The molecule has 3 aliphatic rings. The average molecular weight is 562 g/mol. The Bertz CT molecular complexity index is 1340. The van der Waals surface area contributed by atoms with E-state index in [0.29, 0.717) is 18.1 Å². The summed E-state index contributed by atoms with van der Waals surface area (Å²) in [6.45, 7) is 6.81. The van der Waals surface area contributed by atoms with Crippen molar-refractivity contribution in [2.45, 2.75) is 76.4 Å². The van der Waals surface area contributed by atoms with E-state index in [0.717, 1.165) is 6.07 Å². The lowest BCUT2D eigenvalue weighted by Crippen LogP contribution is -2.60. The van der Waals surface area contributed by atoms with Gasteiger partial charge < -0.3 is 15.4 Å². The Morgan fingerprint density at radius 2 is 1.98 bits per heavy atom. The number of amides is 2. The second-order valence-electron chi connectivity index (χ2n) is 12.0. The van der Waals surface area contributed by atoms with Crippen LogP contribution >= 0.6 is 0 Å². The highest BCUT2D eigenvalue weighted by Gasteiger charge is 2.54. The number of ether oxygens (including phenoxy) is 1. The molecule has 3 heterocycles. The highest BCUT2D eigenvalue weighted by atomic mass is 19.4. The normalized spacial score (nSPS) is 25.8. The molecule has 8 nitrogen and oxygen atoms in total. The van der Waals surface area contributed by atoms with E-state index >= 15 is 0 Å². The van der Waals surface area contributed by atoms with E-state index in [1.165, 1.54) is 4.90 Å². The number of nitrogens with one attached hydrogen (secondary N) is 3. The van der Waals surface area contributed by atoms with Gasteiger partial charge in [-0.25, -0.2) is 4.39 Å². The van der Waals surface area contributed by atoms with Crippen molar-refractivity contribution in [1.29, 1.82) is 5.41 Å². The minimum atomic E-state index is -4.77. The van der Waals surface area contributed by atoms with Crippen molar-refractivity contribution in [2.24, 2.45) is 11.8 Å². The number of nitrogens with zero attached hydrogens (tertiary/aromatic N) is 2. The summed E-state index contributed by atoms with van der Waals surface area (Å²) in [4.78, 5) is 32.2. The van der Waals surface area contributed by atoms with Crippen LogP contribution in [0.4, 0.5) is 17.6 Å². The lowest BCUT2D eigenvalue weighted by Gasteiger charge is -2.42. The Morgan fingerprint density at radius 3 is 2.60 bits per heavy atom. The van der Waals surface area contributed by atoms with Crippen LogP contribution in [0.1, 0.15) is 75.7 Å². The van der Waals surface area contributed by atoms with Crippen molar-refractivity contribution in [3.05, 3.63) is 59.2 Å². The number of aromatic nitrogens is 1. The number of fused-ring (bicyclic) bond motifs is 1. The van der Waals surface area contributed by atoms with Gasteiger partial charge in [0.1, 0.15) is 17.2 Å². The number of halogens is 4. The van der Waals surface area contributed by atoms with Gasteiger partial charge in [-0.15, -0.1) is 0 Å². The van der Waals surface area contributed by atoms with E-state index in [9.17, 15) is 27.2 Å². The van der Waals surface area contributed by atoms with Crippen molar-refractivity contribution in [3.63, 3.8) is 0 Å². The van der Waals surface area contributed by atoms with Crippen LogP contribution < -0.4 is 15.4 Å². The molecule has 2 fully saturated rings. The molecule has 3 N–H and O–H groups in total. The summed E-state index contributed by atoms with van der Waals surface area (Å²) in [5.74, 6) is -3.31. The predicted octanol–water partition coefficient (Wildman–Crippen LogP) is 4.87. The van der Waals surface area contributed by atoms with E-state index in [2.05, 4.69) is 15.6 Å². The van der Waals surface area contributed by atoms with Gasteiger partial charge in [0.25, 0.3) is 0 Å². The zero-order valence-corrected chi connectivity index (χ0v) is 22.5. The van der Waals surface area contributed by atoms with Gasteiger partial charge in [-0.05, 0) is 63.8 Å². The van der Waals surface area contributed by atoms with E-state index in [-0.39, 0.29) is 36.2 Å². The molecule has 4 atom stereocenters. The number of rotatable bonds is 5. The van der Waals surface area contributed by atoms with Crippen molar-refractivity contribution in [3.8, 4) is 5.75 Å². The van der Waals surface area contributed by atoms with Crippen molar-refractivity contribution in [1.82, 2.24) is 20.5 Å². The molecule has 0 bridgehead atoms. The Labute approximate surface area is 229 Å². The van der Waals surface area contributed by atoms with Crippen LogP contribution in [0.3, 0.4) is 0 Å². The first kappa shape index (κ1) is 27.9. The third-order valence-electron chi connectivity index (χ3n) is 7.63. The number of guanidine groups is 1. The zero-order chi connectivity index (χ0) is 29.2. The quantitative estimate of drug-likeness (QED) is 0.452. The smallest absolute Gasteiger partial charge is 0.419 e. The van der Waals surface area contributed by atoms with Crippen LogP contribution in [0, 0.1) is 23.1 Å². The molecule has 1 aliphatic carbocycles. The van der Waals surface area contributed by atoms with E-state index in [1.807, 2.05) is 13.8 Å². The molecular formula is C28H31F4N5O3. The van der Waals surface area contributed by atoms with Crippen LogP contribution in [0.25, 0.3) is 0 Å². The molecule has 0 unspecified atom stereocenters. The first-order chi connectivity index (χ1) is 18.6. The molecule has 0 radical (unpaired) electrons. The summed E-state index contributed by atoms with van der Waals surface area (Å²) in [6, 6.07) is 3.16. The van der Waals surface area contributed by atoms with Crippen LogP contribution in [0.5, 0.6) is 5.75 Å². The Kier molecular flexibility index (Phi) is 6.58. The van der Waals surface area contributed by atoms with Gasteiger partial charge in [-0.3, -0.25) is 24.9 Å². The third-order valence-corrected chi connectivity index (χ3v) is 7.63. The Hall–Kier alpha value is -3.70. The molecule has 214 valence electrons. The van der Waals surface area contributed by atoms with Crippen LogP contribution in [0.2, 0.25) is 0 Å². The Morgan fingerprint density at radius 1 is 1.25 bits per heavy atom. The van der Waals surface area contributed by atoms with Gasteiger partial charge in [-0.2, -0.15) is 13.2 Å². The highest BCUT2D eigenvalue weighted by Crippen LogP contribution is 2.52. The number of pyridine rings is 1. The molecule has 40 heavy (non-hydrogen) atoms. The van der Waals surface area contributed by atoms with E-state index in [4.69, 9.17) is 10.1 Å². The van der Waals surface area contributed by atoms with Crippen LogP contribution in [-0.4, -0.2) is 38.8 Å². The summed E-state index contributed by atoms with van der Waals surface area (Å²) < 4.78 is 61.7. The predicted molar refractivity (Wildman–Crippen MR) is 137 cm³/mol. The fraction of sp³-hybridized carbons (Fsp3) is 0.500. The lowest BCUT2D eigenvalue weighted by molar-refractivity contribution is -0.140. The molecule has 1 aromatic carbocycles. The maximum absolute atomic E-state index is 14.9. The van der Waals surface area contributed by atoms with Crippen molar-refractivity contribution < 1.29 is 31.9 Å². The standard InChI is InChI=1S/C28H31F4N5O3/c1-26(2)12-20(38)37(25(33)36-26)22(14-6-5-9-34-13-14)15-10-16(15)24(39)35-19-11-27(3,4)40-23-17(28(30,31)32)7-8-18(29)21(19)23/h5-9,13,15-16,19,22H,10-12H2,1-4H3,(H2,33,36)(H,35,39)/t15-,16-,19-,22-/m1/s1. The summed E-state index contributed by atoms with van der Waals surface area (Å²) in [6.07, 6.45) is -1.03. The largest absolute Gasteiger partial charge is 0.487 e. The zero-order valence-electron chi connectivity index (χ0n) is 22.5. The Balaban J connectivity index is 1.42. The summed E-state index contributed by atoms with van der Waals surface area (Å²) in [5.41, 5.74) is -2.49. The monoisotopic (exact) mass is 561 g/mol. The SMILES string of the molecule is CC1(C)CC(=O)N([C@H](c2cccnc2)[C@@H]2C[C@H]2C(=O)N[C@@H]2CC(C)(C)Oc3c(C(F)(F)F)ccc(F)c32)C(=N)N1. The fourth-order valence-electron chi connectivity index (χ4n) is 5.86. The van der Waals surface area contributed by atoms with Crippen molar-refractivity contribution >= 4 is 17.8 Å². The maximum Gasteiger partial charge on any atom is 0.419 e. The van der Waals surface area contributed by atoms with Crippen LogP contribution in [-0.2, 0) is 15.8 Å². The van der Waals surface area contributed by atoms with Gasteiger partial charge in [0, 0.05) is 36.7 Å². The third kappa shape index (κ3) is 5.23. The summed E-state index contributed by atoms with van der Waals surface area (Å²) >= 11 is 0. The van der Waals surface area contributed by atoms with Crippen LogP contribution in [0.15, 0.2) is 36.7 Å². The van der Waals surface area contributed by atoms with Crippen molar-refractivity contribution in [2.75, 3.05) is 0 Å². The second kappa shape index (κ2) is 9.45. The van der Waals surface area contributed by atoms with E-state index in [1.54, 1.807) is 38.4 Å². The number of hydrogen-bond donors (Lipinski definition) is 3. The number of benzene rings is 1. The molecule has 1 saturated heterocycles. The number of carbonyl (C=O) groups is 2. The topological polar surface area (TPSA) is 107 Å². The first-order valence-corrected chi connectivity index (χ1v) is 13.1.